The van der Waals surface area contributed by atoms with Crippen molar-refractivity contribution >= 4 is 19.9 Å². The second-order valence-electron chi connectivity index (χ2n) is 6.93. The maximum absolute atomic E-state index is 12.6. The van der Waals surface area contributed by atoms with E-state index < -0.39 is 30.9 Å². The smallest absolute Gasteiger partial charge is 0.276 e. The molecule has 2 aromatic heterocycles. The molecule has 27 heavy (non-hydrogen) atoms. The number of furan rings is 1. The van der Waals surface area contributed by atoms with Crippen LogP contribution in [0.1, 0.15) is 62.3 Å². The zero-order valence-corrected chi connectivity index (χ0v) is 17.1. The van der Waals surface area contributed by atoms with Gasteiger partial charge in [0, 0.05) is 19.0 Å². The van der Waals surface area contributed by atoms with E-state index in [0.717, 1.165) is 12.8 Å². The lowest BCUT2D eigenvalue weighted by Gasteiger charge is -2.12. The average Bonchev–Trinajstić information content (AvgIpc) is 3.34. The topological polar surface area (TPSA) is 124 Å². The first-order chi connectivity index (χ1) is 12.6. The van der Waals surface area contributed by atoms with E-state index in [1.165, 1.54) is 23.4 Å². The summed E-state index contributed by atoms with van der Waals surface area (Å²) in [6.45, 7) is 6.10. The summed E-state index contributed by atoms with van der Waals surface area (Å²) in [6.07, 6.45) is 1.61. The molecule has 1 atom stereocenters. The lowest BCUT2D eigenvalue weighted by molar-refractivity contribution is 0.368. The minimum atomic E-state index is -3.73. The Morgan fingerprint density at radius 3 is 2.37 bits per heavy atom. The third-order valence-electron chi connectivity index (χ3n) is 4.50. The van der Waals surface area contributed by atoms with Gasteiger partial charge >= 0.3 is 0 Å². The Morgan fingerprint density at radius 1 is 1.11 bits per heavy atom. The Hall–Kier alpha value is -1.72. The fourth-order valence-corrected chi connectivity index (χ4v) is 5.40. The van der Waals surface area contributed by atoms with E-state index in [9.17, 15) is 16.8 Å². The third kappa shape index (κ3) is 4.09. The molecule has 0 radical (unpaired) electrons. The standard InChI is InChI=1S/C16H23N3O6S2/c1-11(2)15-17-16(25-18-15)12(3)26(20,21)10-13-6-7-14(24-13)27(22,23)19-8-4-5-9-19/h6-7,11-12H,4-5,8-10H2,1-3H3. The zero-order chi connectivity index (χ0) is 19.8. The van der Waals surface area contributed by atoms with Crippen molar-refractivity contribution in [2.75, 3.05) is 13.1 Å². The van der Waals surface area contributed by atoms with E-state index in [1.54, 1.807) is 0 Å². The highest BCUT2D eigenvalue weighted by Gasteiger charge is 2.33. The summed E-state index contributed by atoms with van der Waals surface area (Å²) in [6, 6.07) is 2.67. The first-order valence-corrected chi connectivity index (χ1v) is 11.9. The van der Waals surface area contributed by atoms with Crippen LogP contribution in [-0.4, -0.2) is 44.4 Å². The van der Waals surface area contributed by atoms with Gasteiger partial charge < -0.3 is 8.94 Å². The molecule has 0 bridgehead atoms. The molecule has 3 heterocycles. The van der Waals surface area contributed by atoms with E-state index in [4.69, 9.17) is 8.94 Å². The lowest BCUT2D eigenvalue weighted by atomic mass is 10.2. The predicted octanol–water partition coefficient (Wildman–Crippen LogP) is 2.25. The maximum Gasteiger partial charge on any atom is 0.276 e. The van der Waals surface area contributed by atoms with Gasteiger partial charge in [0.05, 0.1) is 0 Å². The van der Waals surface area contributed by atoms with E-state index >= 15 is 0 Å². The monoisotopic (exact) mass is 417 g/mol. The van der Waals surface area contributed by atoms with Gasteiger partial charge in [0.1, 0.15) is 16.8 Å². The molecule has 9 nitrogen and oxygen atoms in total. The van der Waals surface area contributed by atoms with Crippen molar-refractivity contribution in [2.24, 2.45) is 0 Å². The molecule has 1 saturated heterocycles. The Labute approximate surface area is 158 Å². The average molecular weight is 418 g/mol. The first-order valence-electron chi connectivity index (χ1n) is 8.75. The van der Waals surface area contributed by atoms with Crippen LogP contribution in [-0.2, 0) is 25.6 Å². The molecule has 0 amide bonds. The number of hydrogen-bond acceptors (Lipinski definition) is 8. The number of sulfonamides is 1. The predicted molar refractivity (Wildman–Crippen MR) is 96.1 cm³/mol. The largest absolute Gasteiger partial charge is 0.447 e. The van der Waals surface area contributed by atoms with Crippen molar-refractivity contribution in [3.05, 3.63) is 29.6 Å². The molecule has 2 aromatic rings. The van der Waals surface area contributed by atoms with Crippen molar-refractivity contribution in [1.29, 1.82) is 0 Å². The van der Waals surface area contributed by atoms with Crippen LogP contribution < -0.4 is 0 Å². The summed E-state index contributed by atoms with van der Waals surface area (Å²) >= 11 is 0. The Kier molecular flexibility index (Phi) is 5.46. The van der Waals surface area contributed by atoms with E-state index in [2.05, 4.69) is 10.1 Å². The lowest BCUT2D eigenvalue weighted by Crippen LogP contribution is -2.27. The van der Waals surface area contributed by atoms with E-state index in [-0.39, 0.29) is 22.7 Å². The molecule has 0 aromatic carbocycles. The molecule has 1 aliphatic rings. The van der Waals surface area contributed by atoms with Crippen LogP contribution in [0.2, 0.25) is 0 Å². The Bertz CT molecular complexity index is 1000. The Balaban J connectivity index is 1.77. The number of rotatable bonds is 7. The van der Waals surface area contributed by atoms with E-state index in [0.29, 0.717) is 18.9 Å². The van der Waals surface area contributed by atoms with Crippen molar-refractivity contribution in [3.8, 4) is 0 Å². The van der Waals surface area contributed by atoms with Gasteiger partial charge in [-0.1, -0.05) is 19.0 Å². The van der Waals surface area contributed by atoms with Crippen LogP contribution in [0, 0.1) is 0 Å². The van der Waals surface area contributed by atoms with Gasteiger partial charge in [0.2, 0.25) is 11.0 Å². The number of aromatic nitrogens is 2. The van der Waals surface area contributed by atoms with Gasteiger partial charge in [-0.15, -0.1) is 0 Å². The molecule has 0 N–H and O–H groups in total. The maximum atomic E-state index is 12.6. The fourth-order valence-electron chi connectivity index (χ4n) is 2.75. The van der Waals surface area contributed by atoms with Crippen LogP contribution in [0.4, 0.5) is 0 Å². The second-order valence-corrected chi connectivity index (χ2v) is 11.1. The molecule has 150 valence electrons. The van der Waals surface area contributed by atoms with Gasteiger partial charge in [-0.05, 0) is 31.9 Å². The highest BCUT2D eigenvalue weighted by molar-refractivity contribution is 7.90. The number of sulfone groups is 1. The van der Waals surface area contributed by atoms with Crippen molar-refractivity contribution in [3.63, 3.8) is 0 Å². The van der Waals surface area contributed by atoms with E-state index in [1.807, 2.05) is 13.8 Å². The van der Waals surface area contributed by atoms with Gasteiger partial charge in [0.15, 0.2) is 15.7 Å². The fraction of sp³-hybridized carbons (Fsp3) is 0.625. The van der Waals surface area contributed by atoms with Gasteiger partial charge in [-0.3, -0.25) is 0 Å². The summed E-state index contributed by atoms with van der Waals surface area (Å²) in [4.78, 5) is 4.12. The molecular weight excluding hydrogens is 394 g/mol. The molecule has 1 unspecified atom stereocenters. The van der Waals surface area contributed by atoms with Crippen LogP contribution in [0.15, 0.2) is 26.2 Å². The van der Waals surface area contributed by atoms with Crippen LogP contribution >= 0.6 is 0 Å². The quantitative estimate of drug-likeness (QED) is 0.672. The third-order valence-corrected chi connectivity index (χ3v) is 8.24. The van der Waals surface area contributed by atoms with Gasteiger partial charge in [0.25, 0.3) is 10.0 Å². The molecule has 0 aliphatic carbocycles. The summed E-state index contributed by atoms with van der Waals surface area (Å²) in [5, 5.41) is 2.52. The van der Waals surface area contributed by atoms with Crippen LogP contribution in [0.3, 0.4) is 0 Å². The molecule has 1 aliphatic heterocycles. The summed E-state index contributed by atoms with van der Waals surface area (Å²) in [5.41, 5.74) is 0. The zero-order valence-electron chi connectivity index (χ0n) is 15.5. The molecule has 1 fully saturated rings. The second kappa shape index (κ2) is 7.36. The minimum Gasteiger partial charge on any atom is -0.447 e. The van der Waals surface area contributed by atoms with Crippen molar-refractivity contribution in [1.82, 2.24) is 14.4 Å². The minimum absolute atomic E-state index is 0.00941. The molecular formula is C16H23N3O6S2. The summed E-state index contributed by atoms with van der Waals surface area (Å²) < 4.78 is 62.0. The number of hydrogen-bond donors (Lipinski definition) is 0. The molecule has 3 rings (SSSR count). The molecule has 0 spiro atoms. The SMILES string of the molecule is CC(C)c1noc(C(C)S(=O)(=O)Cc2ccc(S(=O)(=O)N3CCCC3)o2)n1. The first kappa shape index (κ1) is 20.0. The highest BCUT2D eigenvalue weighted by Crippen LogP contribution is 2.28. The van der Waals surface area contributed by atoms with Crippen molar-refractivity contribution in [2.45, 2.75) is 55.6 Å². The Morgan fingerprint density at radius 2 is 1.78 bits per heavy atom. The van der Waals surface area contributed by atoms with Crippen LogP contribution in [0.5, 0.6) is 0 Å². The normalized spacial score (nSPS) is 17.6. The van der Waals surface area contributed by atoms with Crippen LogP contribution in [0.25, 0.3) is 0 Å². The summed E-state index contributed by atoms with van der Waals surface area (Å²) in [5.74, 6) is 0.0616. The van der Waals surface area contributed by atoms with Gasteiger partial charge in [-0.2, -0.15) is 9.29 Å². The highest BCUT2D eigenvalue weighted by atomic mass is 32.2. The summed E-state index contributed by atoms with van der Waals surface area (Å²) in [7, 11) is -7.45. The number of nitrogens with zero attached hydrogens (tertiary/aromatic N) is 3. The van der Waals surface area contributed by atoms with Crippen molar-refractivity contribution < 1.29 is 25.8 Å². The van der Waals surface area contributed by atoms with Gasteiger partial charge in [-0.25, -0.2) is 16.8 Å². The molecule has 0 saturated carbocycles. The molecule has 11 heteroatoms.